The number of aromatic nitrogens is 4. The molecule has 13 heteroatoms. The van der Waals surface area contributed by atoms with E-state index < -0.39 is 14.9 Å². The highest BCUT2D eigenvalue weighted by Crippen LogP contribution is 2.36. The molecule has 0 unspecified atom stereocenters. The molecule has 3 N–H and O–H groups in total. The minimum atomic E-state index is -3.89. The van der Waals surface area contributed by atoms with Crippen LogP contribution in [0.25, 0.3) is 0 Å². The molecule has 0 aliphatic heterocycles. The summed E-state index contributed by atoms with van der Waals surface area (Å²) < 4.78 is 26.3. The second kappa shape index (κ2) is 6.11. The predicted molar refractivity (Wildman–Crippen MR) is 73.3 cm³/mol. The Morgan fingerprint density at radius 1 is 1.52 bits per heavy atom. The van der Waals surface area contributed by atoms with Crippen molar-refractivity contribution in [3.8, 4) is 0 Å². The van der Waals surface area contributed by atoms with E-state index in [0.717, 1.165) is 17.4 Å². The molecule has 21 heavy (non-hydrogen) atoms. The number of thiophene rings is 1. The Morgan fingerprint density at radius 3 is 2.86 bits per heavy atom. The van der Waals surface area contributed by atoms with Gasteiger partial charge in [-0.05, 0) is 6.92 Å². The Kier molecular flexibility index (Phi) is 4.44. The van der Waals surface area contributed by atoms with Crippen LogP contribution in [-0.2, 0) is 16.6 Å². The minimum Gasteiger partial charge on any atom is -0.372 e. The zero-order valence-electron chi connectivity index (χ0n) is 10.7. The molecular formula is C8H11N7O4S2. The summed E-state index contributed by atoms with van der Waals surface area (Å²) in [6.07, 6.45) is 0. The third-order valence-corrected chi connectivity index (χ3v) is 5.26. The fourth-order valence-corrected chi connectivity index (χ4v) is 3.82. The summed E-state index contributed by atoms with van der Waals surface area (Å²) in [5, 5.41) is 26.6. The van der Waals surface area contributed by atoms with Crippen LogP contribution in [0, 0.1) is 10.1 Å². The molecule has 2 aromatic heterocycles. The Bertz CT molecular complexity index is 724. The Balaban J connectivity index is 2.23. The van der Waals surface area contributed by atoms with Gasteiger partial charge in [0.15, 0.2) is 10.8 Å². The van der Waals surface area contributed by atoms with Crippen molar-refractivity contribution >= 4 is 32.0 Å². The zero-order chi connectivity index (χ0) is 15.5. The first-order valence-electron chi connectivity index (χ1n) is 5.68. The molecule has 0 aromatic carbocycles. The first-order chi connectivity index (χ1) is 9.94. The van der Waals surface area contributed by atoms with E-state index in [1.807, 2.05) is 0 Å². The Morgan fingerprint density at radius 2 is 2.29 bits per heavy atom. The van der Waals surface area contributed by atoms with Crippen molar-refractivity contribution in [3.63, 3.8) is 0 Å². The summed E-state index contributed by atoms with van der Waals surface area (Å²) in [5.74, 6) is 0.163. The van der Waals surface area contributed by atoms with E-state index in [1.54, 1.807) is 6.92 Å². The molecule has 0 spiro atoms. The van der Waals surface area contributed by atoms with Gasteiger partial charge in [-0.3, -0.25) is 10.1 Å². The highest BCUT2D eigenvalue weighted by molar-refractivity contribution is 7.91. The Hall–Kier alpha value is -2.12. The van der Waals surface area contributed by atoms with Crippen LogP contribution < -0.4 is 10.0 Å². The van der Waals surface area contributed by atoms with Crippen LogP contribution in [0.1, 0.15) is 12.7 Å². The van der Waals surface area contributed by atoms with Gasteiger partial charge >= 0.3 is 5.69 Å². The van der Waals surface area contributed by atoms with Gasteiger partial charge in [0.2, 0.25) is 0 Å². The van der Waals surface area contributed by atoms with E-state index in [2.05, 4.69) is 30.7 Å². The van der Waals surface area contributed by atoms with Gasteiger partial charge < -0.3 is 5.32 Å². The van der Waals surface area contributed by atoms with Crippen LogP contribution in [0.4, 0.5) is 10.7 Å². The molecule has 0 saturated heterocycles. The van der Waals surface area contributed by atoms with Crippen molar-refractivity contribution in [2.24, 2.45) is 0 Å². The first-order valence-corrected chi connectivity index (χ1v) is 7.98. The lowest BCUT2D eigenvalue weighted by Gasteiger charge is -2.00. The smallest absolute Gasteiger partial charge is 0.304 e. The highest BCUT2D eigenvalue weighted by atomic mass is 32.2. The number of rotatable bonds is 7. The largest absolute Gasteiger partial charge is 0.372 e. The van der Waals surface area contributed by atoms with E-state index in [4.69, 9.17) is 0 Å². The Labute approximate surface area is 123 Å². The van der Waals surface area contributed by atoms with Crippen LogP contribution in [0.5, 0.6) is 0 Å². The molecule has 0 bridgehead atoms. The molecule has 0 aliphatic carbocycles. The van der Waals surface area contributed by atoms with Gasteiger partial charge in [-0.2, -0.15) is 5.21 Å². The average molecular weight is 333 g/mol. The number of nitrogens with one attached hydrogen (secondary N) is 3. The van der Waals surface area contributed by atoms with Gasteiger partial charge in [0.05, 0.1) is 11.5 Å². The molecule has 2 heterocycles. The minimum absolute atomic E-state index is 0.159. The van der Waals surface area contributed by atoms with Crippen molar-refractivity contribution < 1.29 is 13.3 Å². The van der Waals surface area contributed by atoms with E-state index in [1.165, 1.54) is 0 Å². The number of tetrazole rings is 1. The molecule has 0 saturated carbocycles. The van der Waals surface area contributed by atoms with Crippen LogP contribution >= 0.6 is 11.3 Å². The van der Waals surface area contributed by atoms with Crippen LogP contribution in [0.2, 0.25) is 0 Å². The summed E-state index contributed by atoms with van der Waals surface area (Å²) in [7, 11) is -3.89. The van der Waals surface area contributed by atoms with Crippen molar-refractivity contribution in [3.05, 3.63) is 22.0 Å². The maximum Gasteiger partial charge on any atom is 0.304 e. The van der Waals surface area contributed by atoms with Crippen molar-refractivity contribution in [1.82, 2.24) is 25.3 Å². The molecule has 0 radical (unpaired) electrons. The third-order valence-electron chi connectivity index (χ3n) is 2.30. The summed E-state index contributed by atoms with van der Waals surface area (Å²) in [4.78, 5) is 10.3. The SMILES string of the molecule is CCNc1sc(S(=O)(=O)NCc2nn[nH]n2)cc1[N+](=O)[O-]. The van der Waals surface area contributed by atoms with E-state index >= 15 is 0 Å². The quantitative estimate of drug-likeness (QED) is 0.475. The van der Waals surface area contributed by atoms with Crippen LogP contribution in [0.3, 0.4) is 0 Å². The molecule has 0 aliphatic rings. The topological polar surface area (TPSA) is 156 Å². The number of hydrogen-bond donors (Lipinski definition) is 3. The monoisotopic (exact) mass is 333 g/mol. The number of nitrogens with zero attached hydrogens (tertiary/aromatic N) is 4. The maximum atomic E-state index is 12.1. The van der Waals surface area contributed by atoms with Crippen molar-refractivity contribution in [2.45, 2.75) is 17.7 Å². The number of nitro groups is 1. The number of H-pyrrole nitrogens is 1. The number of anilines is 1. The molecule has 0 atom stereocenters. The van der Waals surface area contributed by atoms with Gasteiger partial charge in [-0.1, -0.05) is 16.6 Å². The first kappa shape index (κ1) is 15.3. The standard InChI is InChI=1S/C8H11N7O4S2/c1-2-9-8-5(15(16)17)3-7(20-8)21(18,19)10-4-6-11-13-14-12-6/h3,9-10H,2,4H2,1H3,(H,11,12,13,14). The van der Waals surface area contributed by atoms with E-state index in [-0.39, 0.29) is 27.3 Å². The van der Waals surface area contributed by atoms with Gasteiger partial charge in [0.25, 0.3) is 10.0 Å². The summed E-state index contributed by atoms with van der Waals surface area (Å²) >= 11 is 0.789. The molecule has 114 valence electrons. The second-order valence-corrected chi connectivity index (χ2v) is 6.77. The third kappa shape index (κ3) is 3.50. The van der Waals surface area contributed by atoms with Gasteiger partial charge in [-0.15, -0.1) is 10.2 Å². The second-order valence-electron chi connectivity index (χ2n) is 3.72. The lowest BCUT2D eigenvalue weighted by atomic mass is 10.5. The number of sulfonamides is 1. The zero-order valence-corrected chi connectivity index (χ0v) is 12.4. The molecule has 2 aromatic rings. The summed E-state index contributed by atoms with van der Waals surface area (Å²) in [6, 6.07) is 1.02. The molecular weight excluding hydrogens is 322 g/mol. The highest BCUT2D eigenvalue weighted by Gasteiger charge is 2.26. The number of hydrogen-bond acceptors (Lipinski definition) is 9. The van der Waals surface area contributed by atoms with Crippen LogP contribution in [-0.4, -0.2) is 40.5 Å². The normalized spacial score (nSPS) is 11.5. The van der Waals surface area contributed by atoms with Gasteiger partial charge in [0, 0.05) is 12.6 Å². The summed E-state index contributed by atoms with van der Waals surface area (Å²) in [5.41, 5.74) is -0.276. The van der Waals surface area contributed by atoms with E-state index in [9.17, 15) is 18.5 Å². The van der Waals surface area contributed by atoms with Gasteiger partial charge in [0.1, 0.15) is 4.21 Å². The fourth-order valence-electron chi connectivity index (χ4n) is 1.40. The fraction of sp³-hybridized carbons (Fsp3) is 0.375. The lowest BCUT2D eigenvalue weighted by Crippen LogP contribution is -2.23. The maximum absolute atomic E-state index is 12.1. The van der Waals surface area contributed by atoms with Crippen molar-refractivity contribution in [1.29, 1.82) is 0 Å². The average Bonchev–Trinajstić information content (AvgIpc) is 3.06. The van der Waals surface area contributed by atoms with E-state index in [0.29, 0.717) is 6.54 Å². The number of aromatic amines is 1. The predicted octanol–water partition coefficient (Wildman–Crippen LogP) is 0.0797. The molecule has 2 rings (SSSR count). The van der Waals surface area contributed by atoms with Gasteiger partial charge in [-0.25, -0.2) is 13.1 Å². The molecule has 0 amide bonds. The molecule has 11 nitrogen and oxygen atoms in total. The summed E-state index contributed by atoms with van der Waals surface area (Å²) in [6.45, 7) is 2.03. The van der Waals surface area contributed by atoms with Crippen molar-refractivity contribution in [2.75, 3.05) is 11.9 Å². The van der Waals surface area contributed by atoms with Crippen LogP contribution in [0.15, 0.2) is 10.3 Å². The molecule has 0 fully saturated rings. The lowest BCUT2D eigenvalue weighted by molar-refractivity contribution is -0.383.